The molecule has 20 heavy (non-hydrogen) atoms. The lowest BCUT2D eigenvalue weighted by atomic mass is 9.89. The Morgan fingerprint density at radius 2 is 2.10 bits per heavy atom. The summed E-state index contributed by atoms with van der Waals surface area (Å²) in [5, 5.41) is 1.85. The molecule has 4 nitrogen and oxygen atoms in total. The van der Waals surface area contributed by atoms with Crippen LogP contribution in [0.25, 0.3) is 10.8 Å². The predicted molar refractivity (Wildman–Crippen MR) is 73.9 cm³/mol. The quantitative estimate of drug-likeness (QED) is 0.787. The van der Waals surface area contributed by atoms with E-state index in [1.165, 1.54) is 7.11 Å². The predicted octanol–water partition coefficient (Wildman–Crippen LogP) is 2.59. The van der Waals surface area contributed by atoms with E-state index in [0.29, 0.717) is 11.3 Å². The molecule has 2 aromatic rings. The molecule has 1 aliphatic rings. The summed E-state index contributed by atoms with van der Waals surface area (Å²) in [5.41, 5.74) is 0.572. The SMILES string of the molecule is COC(=O)CC1COc2ccc3ccccc3c2C1=O. The first kappa shape index (κ1) is 12.7. The van der Waals surface area contributed by atoms with Gasteiger partial charge in [0.2, 0.25) is 0 Å². The van der Waals surface area contributed by atoms with Crippen molar-refractivity contribution < 1.29 is 19.1 Å². The molecule has 1 atom stereocenters. The summed E-state index contributed by atoms with van der Waals surface area (Å²) in [5.74, 6) is -0.320. The summed E-state index contributed by atoms with van der Waals surface area (Å²) in [6.45, 7) is 0.222. The molecule has 1 unspecified atom stereocenters. The second-order valence-electron chi connectivity index (χ2n) is 4.81. The minimum absolute atomic E-state index is 0.0477. The second kappa shape index (κ2) is 4.96. The molecule has 1 heterocycles. The molecule has 3 rings (SSSR count). The largest absolute Gasteiger partial charge is 0.492 e. The summed E-state index contributed by atoms with van der Waals surface area (Å²) in [6, 6.07) is 11.4. The highest BCUT2D eigenvalue weighted by molar-refractivity contribution is 6.12. The molecule has 0 aliphatic carbocycles. The third-order valence-corrected chi connectivity index (χ3v) is 3.59. The van der Waals surface area contributed by atoms with E-state index in [2.05, 4.69) is 4.74 Å². The van der Waals surface area contributed by atoms with Crippen LogP contribution in [0.2, 0.25) is 0 Å². The average Bonchev–Trinajstić information content (AvgIpc) is 2.49. The summed E-state index contributed by atoms with van der Waals surface area (Å²) in [6.07, 6.45) is 0.0536. The maximum absolute atomic E-state index is 12.6. The van der Waals surface area contributed by atoms with Gasteiger partial charge in [-0.05, 0) is 16.8 Å². The lowest BCUT2D eigenvalue weighted by molar-refractivity contribution is -0.141. The van der Waals surface area contributed by atoms with Gasteiger partial charge >= 0.3 is 5.97 Å². The zero-order valence-electron chi connectivity index (χ0n) is 11.1. The molecule has 102 valence electrons. The fourth-order valence-corrected chi connectivity index (χ4v) is 2.53. The lowest BCUT2D eigenvalue weighted by Crippen LogP contribution is -2.30. The lowest BCUT2D eigenvalue weighted by Gasteiger charge is -2.24. The summed E-state index contributed by atoms with van der Waals surface area (Å²) < 4.78 is 10.3. The van der Waals surface area contributed by atoms with Crippen LogP contribution in [-0.4, -0.2) is 25.5 Å². The Bertz CT molecular complexity index is 690. The number of hydrogen-bond donors (Lipinski definition) is 0. The van der Waals surface area contributed by atoms with Crippen molar-refractivity contribution in [3.05, 3.63) is 42.0 Å². The number of esters is 1. The van der Waals surface area contributed by atoms with Crippen molar-refractivity contribution in [2.75, 3.05) is 13.7 Å². The summed E-state index contributed by atoms with van der Waals surface area (Å²) in [4.78, 5) is 24.0. The zero-order chi connectivity index (χ0) is 14.1. The van der Waals surface area contributed by atoms with Crippen molar-refractivity contribution in [1.29, 1.82) is 0 Å². The van der Waals surface area contributed by atoms with Crippen LogP contribution in [0, 0.1) is 5.92 Å². The fourth-order valence-electron chi connectivity index (χ4n) is 2.53. The summed E-state index contributed by atoms with van der Waals surface area (Å²) in [7, 11) is 1.32. The van der Waals surface area contributed by atoms with Crippen LogP contribution in [0.4, 0.5) is 0 Å². The number of methoxy groups -OCH3 is 1. The number of carbonyl (C=O) groups is 2. The van der Waals surface area contributed by atoms with Gasteiger partial charge in [-0.2, -0.15) is 0 Å². The van der Waals surface area contributed by atoms with E-state index < -0.39 is 11.9 Å². The highest BCUT2D eigenvalue weighted by atomic mass is 16.5. The Balaban J connectivity index is 2.05. The number of fused-ring (bicyclic) bond motifs is 3. The molecule has 0 fully saturated rings. The summed E-state index contributed by atoms with van der Waals surface area (Å²) >= 11 is 0. The smallest absolute Gasteiger partial charge is 0.306 e. The maximum atomic E-state index is 12.6. The van der Waals surface area contributed by atoms with E-state index in [1.54, 1.807) is 0 Å². The van der Waals surface area contributed by atoms with E-state index in [-0.39, 0.29) is 18.8 Å². The molecular weight excluding hydrogens is 256 g/mol. The number of ether oxygens (including phenoxy) is 2. The average molecular weight is 270 g/mol. The normalized spacial score (nSPS) is 17.4. The zero-order valence-corrected chi connectivity index (χ0v) is 11.1. The molecule has 0 saturated heterocycles. The first-order chi connectivity index (χ1) is 9.70. The Morgan fingerprint density at radius 3 is 2.90 bits per heavy atom. The first-order valence-electron chi connectivity index (χ1n) is 6.46. The van der Waals surface area contributed by atoms with Crippen molar-refractivity contribution in [3.63, 3.8) is 0 Å². The topological polar surface area (TPSA) is 52.6 Å². The molecule has 0 radical (unpaired) electrons. The molecule has 2 aromatic carbocycles. The van der Waals surface area contributed by atoms with Crippen molar-refractivity contribution in [2.24, 2.45) is 5.92 Å². The van der Waals surface area contributed by atoms with Gasteiger partial charge in [0.15, 0.2) is 5.78 Å². The van der Waals surface area contributed by atoms with Gasteiger partial charge in [-0.25, -0.2) is 0 Å². The molecule has 1 aliphatic heterocycles. The van der Waals surface area contributed by atoms with E-state index >= 15 is 0 Å². The first-order valence-corrected chi connectivity index (χ1v) is 6.46. The number of Topliss-reactive ketones (excluding diaryl/α,β-unsaturated/α-hetero) is 1. The molecule has 0 N–H and O–H groups in total. The number of rotatable bonds is 2. The number of benzene rings is 2. The number of ketones is 1. The van der Waals surface area contributed by atoms with Gasteiger partial charge in [0.25, 0.3) is 0 Å². The van der Waals surface area contributed by atoms with Crippen LogP contribution < -0.4 is 4.74 Å². The van der Waals surface area contributed by atoms with Crippen LogP contribution in [0.5, 0.6) is 5.75 Å². The Hall–Kier alpha value is -2.36. The fraction of sp³-hybridized carbons (Fsp3) is 0.250. The molecule has 0 bridgehead atoms. The Kier molecular flexibility index (Phi) is 3.14. The number of carbonyl (C=O) groups excluding carboxylic acids is 2. The molecule has 0 amide bonds. The van der Waals surface area contributed by atoms with Crippen molar-refractivity contribution in [3.8, 4) is 5.75 Å². The van der Waals surface area contributed by atoms with E-state index in [0.717, 1.165) is 10.8 Å². The van der Waals surface area contributed by atoms with Crippen LogP contribution >= 0.6 is 0 Å². The van der Waals surface area contributed by atoms with Crippen molar-refractivity contribution >= 4 is 22.5 Å². The standard InChI is InChI=1S/C16H14O4/c1-19-14(17)8-11-9-20-13-7-6-10-4-2-3-5-12(10)15(13)16(11)18/h2-7,11H,8-9H2,1H3. The van der Waals surface area contributed by atoms with Crippen LogP contribution in [0.1, 0.15) is 16.8 Å². The van der Waals surface area contributed by atoms with Crippen LogP contribution in [0.15, 0.2) is 36.4 Å². The molecule has 0 aromatic heterocycles. The van der Waals surface area contributed by atoms with Gasteiger partial charge in [0.1, 0.15) is 5.75 Å². The third-order valence-electron chi connectivity index (χ3n) is 3.59. The Labute approximate surface area is 116 Å². The maximum Gasteiger partial charge on any atom is 0.306 e. The van der Waals surface area contributed by atoms with E-state index in [1.807, 2.05) is 36.4 Å². The van der Waals surface area contributed by atoms with Crippen molar-refractivity contribution in [2.45, 2.75) is 6.42 Å². The second-order valence-corrected chi connectivity index (χ2v) is 4.81. The molecule has 4 heteroatoms. The minimum atomic E-state index is -0.472. The van der Waals surface area contributed by atoms with E-state index in [4.69, 9.17) is 4.74 Å². The highest BCUT2D eigenvalue weighted by Gasteiger charge is 2.32. The van der Waals surface area contributed by atoms with Crippen molar-refractivity contribution in [1.82, 2.24) is 0 Å². The van der Waals surface area contributed by atoms with Gasteiger partial charge in [-0.3, -0.25) is 9.59 Å². The molecular formula is C16H14O4. The minimum Gasteiger partial charge on any atom is -0.492 e. The van der Waals surface area contributed by atoms with Crippen LogP contribution in [-0.2, 0) is 9.53 Å². The number of hydrogen-bond acceptors (Lipinski definition) is 4. The Morgan fingerprint density at radius 1 is 1.30 bits per heavy atom. The van der Waals surface area contributed by atoms with Crippen LogP contribution in [0.3, 0.4) is 0 Å². The van der Waals surface area contributed by atoms with Gasteiger partial charge in [-0.1, -0.05) is 30.3 Å². The molecule has 0 saturated carbocycles. The monoisotopic (exact) mass is 270 g/mol. The van der Waals surface area contributed by atoms with E-state index in [9.17, 15) is 9.59 Å². The third kappa shape index (κ3) is 2.03. The van der Waals surface area contributed by atoms with Gasteiger partial charge < -0.3 is 9.47 Å². The van der Waals surface area contributed by atoms with Gasteiger partial charge in [0, 0.05) is 0 Å². The highest BCUT2D eigenvalue weighted by Crippen LogP contribution is 2.34. The molecule has 0 spiro atoms. The van der Waals surface area contributed by atoms with Gasteiger partial charge in [-0.15, -0.1) is 0 Å². The van der Waals surface area contributed by atoms with Gasteiger partial charge in [0.05, 0.1) is 31.6 Å².